The second-order valence-electron chi connectivity index (χ2n) is 8.70. The minimum Gasteiger partial charge on any atom is -0.454 e. The number of fused-ring (bicyclic) bond motifs is 1. The molecule has 2 unspecified atom stereocenters. The minimum absolute atomic E-state index is 0.0175. The topological polar surface area (TPSA) is 91.9 Å². The molecular formula is C24H28N4O4. The summed E-state index contributed by atoms with van der Waals surface area (Å²) in [4.78, 5) is 27.6. The molecule has 3 heterocycles. The number of ether oxygens (including phenoxy) is 2. The van der Waals surface area contributed by atoms with E-state index in [1.807, 2.05) is 11.0 Å². The van der Waals surface area contributed by atoms with Crippen molar-refractivity contribution >= 4 is 17.5 Å². The Kier molecular flexibility index (Phi) is 5.71. The van der Waals surface area contributed by atoms with Gasteiger partial charge in [-0.1, -0.05) is 29.8 Å². The van der Waals surface area contributed by atoms with E-state index >= 15 is 0 Å². The Labute approximate surface area is 187 Å². The highest BCUT2D eigenvalue weighted by atomic mass is 16.7. The lowest BCUT2D eigenvalue weighted by Gasteiger charge is -2.32. The van der Waals surface area contributed by atoms with Crippen LogP contribution in [0.2, 0.25) is 0 Å². The maximum Gasteiger partial charge on any atom is 0.241 e. The summed E-state index contributed by atoms with van der Waals surface area (Å²) in [5.41, 5.74) is 9.51. The van der Waals surface area contributed by atoms with E-state index in [1.54, 1.807) is 12.1 Å². The van der Waals surface area contributed by atoms with E-state index in [0.717, 1.165) is 0 Å². The van der Waals surface area contributed by atoms with Crippen molar-refractivity contribution in [2.24, 2.45) is 5.92 Å². The zero-order valence-corrected chi connectivity index (χ0v) is 18.1. The number of aryl methyl sites for hydroxylation is 1. The molecule has 2 saturated heterocycles. The van der Waals surface area contributed by atoms with Crippen molar-refractivity contribution in [1.82, 2.24) is 15.8 Å². The molecule has 0 bridgehead atoms. The highest BCUT2D eigenvalue weighted by molar-refractivity contribution is 5.93. The van der Waals surface area contributed by atoms with Gasteiger partial charge in [0, 0.05) is 36.8 Å². The molecule has 3 N–H and O–H groups in total. The lowest BCUT2D eigenvalue weighted by Crippen LogP contribution is -2.49. The van der Waals surface area contributed by atoms with E-state index in [0.29, 0.717) is 49.5 Å². The molecule has 0 aromatic heterocycles. The number of carbonyl (C=O) groups excluding carboxylic acids is 2. The first-order chi connectivity index (χ1) is 15.6. The third-order valence-electron chi connectivity index (χ3n) is 6.50. The van der Waals surface area contributed by atoms with Gasteiger partial charge in [-0.05, 0) is 43.9 Å². The van der Waals surface area contributed by atoms with Crippen LogP contribution in [0.5, 0.6) is 11.5 Å². The third-order valence-corrected chi connectivity index (χ3v) is 6.50. The van der Waals surface area contributed by atoms with Crippen molar-refractivity contribution in [1.29, 1.82) is 0 Å². The number of rotatable bonds is 4. The number of amides is 2. The molecule has 2 amide bonds. The van der Waals surface area contributed by atoms with E-state index < -0.39 is 0 Å². The highest BCUT2D eigenvalue weighted by Gasteiger charge is 2.35. The molecule has 8 nitrogen and oxygen atoms in total. The van der Waals surface area contributed by atoms with Gasteiger partial charge in [-0.2, -0.15) is 0 Å². The van der Waals surface area contributed by atoms with E-state index in [2.05, 4.69) is 47.4 Å². The Morgan fingerprint density at radius 2 is 1.75 bits per heavy atom. The highest BCUT2D eigenvalue weighted by Crippen LogP contribution is 2.34. The van der Waals surface area contributed by atoms with Gasteiger partial charge < -0.3 is 19.7 Å². The normalized spacial score (nSPS) is 22.7. The number of anilines is 1. The van der Waals surface area contributed by atoms with Gasteiger partial charge in [-0.25, -0.2) is 10.9 Å². The predicted molar refractivity (Wildman–Crippen MR) is 119 cm³/mol. The van der Waals surface area contributed by atoms with Crippen molar-refractivity contribution < 1.29 is 19.1 Å². The van der Waals surface area contributed by atoms with Crippen LogP contribution >= 0.6 is 0 Å². The Balaban J connectivity index is 1.11. The summed E-state index contributed by atoms with van der Waals surface area (Å²) in [6, 6.07) is 13.6. The SMILES string of the molecule is Cc1ccc(C2CC(C(=O)N3CCC(C(=O)Nc4ccc5c(c4)OCO5)CC3)NN2)cc1. The predicted octanol–water partition coefficient (Wildman–Crippen LogP) is 2.51. The summed E-state index contributed by atoms with van der Waals surface area (Å²) in [6.07, 6.45) is 2.03. The van der Waals surface area contributed by atoms with Gasteiger partial charge >= 0.3 is 0 Å². The fourth-order valence-electron chi connectivity index (χ4n) is 4.54. The number of nitrogens with zero attached hydrogens (tertiary/aromatic N) is 1. The lowest BCUT2D eigenvalue weighted by molar-refractivity contribution is -0.136. The smallest absolute Gasteiger partial charge is 0.241 e. The van der Waals surface area contributed by atoms with Crippen LogP contribution in [0.4, 0.5) is 5.69 Å². The number of hydrazine groups is 1. The van der Waals surface area contributed by atoms with Crippen LogP contribution in [-0.4, -0.2) is 42.6 Å². The maximum absolute atomic E-state index is 13.0. The molecule has 2 aromatic carbocycles. The molecule has 32 heavy (non-hydrogen) atoms. The molecule has 168 valence electrons. The summed E-state index contributed by atoms with van der Waals surface area (Å²) >= 11 is 0. The zero-order valence-electron chi connectivity index (χ0n) is 18.1. The summed E-state index contributed by atoms with van der Waals surface area (Å²) in [7, 11) is 0. The van der Waals surface area contributed by atoms with Crippen LogP contribution in [0.25, 0.3) is 0 Å². The van der Waals surface area contributed by atoms with Crippen molar-refractivity contribution in [3.63, 3.8) is 0 Å². The Bertz CT molecular complexity index is 1000. The van der Waals surface area contributed by atoms with Crippen LogP contribution in [-0.2, 0) is 9.59 Å². The quantitative estimate of drug-likeness (QED) is 0.682. The molecule has 0 radical (unpaired) electrons. The van der Waals surface area contributed by atoms with Crippen molar-refractivity contribution in [2.45, 2.75) is 38.3 Å². The van der Waals surface area contributed by atoms with E-state index in [1.165, 1.54) is 11.1 Å². The molecule has 0 spiro atoms. The number of carbonyl (C=O) groups is 2. The van der Waals surface area contributed by atoms with E-state index in [9.17, 15) is 9.59 Å². The van der Waals surface area contributed by atoms with Crippen LogP contribution in [0.3, 0.4) is 0 Å². The molecule has 5 rings (SSSR count). The average molecular weight is 437 g/mol. The van der Waals surface area contributed by atoms with Gasteiger partial charge in [0.2, 0.25) is 18.6 Å². The monoisotopic (exact) mass is 436 g/mol. The minimum atomic E-state index is -0.250. The van der Waals surface area contributed by atoms with Crippen LogP contribution in [0.15, 0.2) is 42.5 Å². The number of piperidine rings is 1. The third kappa shape index (κ3) is 4.28. The number of hydrogen-bond acceptors (Lipinski definition) is 6. The number of nitrogens with one attached hydrogen (secondary N) is 3. The fourth-order valence-corrected chi connectivity index (χ4v) is 4.54. The standard InChI is InChI=1S/C24H28N4O4/c1-15-2-4-16(5-3-15)19-13-20(27-26-19)24(30)28-10-8-17(9-11-28)23(29)25-18-6-7-21-22(12-18)32-14-31-21/h2-7,12,17,19-20,26-27H,8-11,13-14H2,1H3,(H,25,29). The summed E-state index contributed by atoms with van der Waals surface area (Å²) < 4.78 is 10.7. The first-order valence-corrected chi connectivity index (χ1v) is 11.1. The number of hydrogen-bond donors (Lipinski definition) is 3. The molecular weight excluding hydrogens is 408 g/mol. The Morgan fingerprint density at radius 3 is 2.53 bits per heavy atom. The average Bonchev–Trinajstić information content (AvgIpc) is 3.49. The zero-order chi connectivity index (χ0) is 22.1. The molecule has 2 atom stereocenters. The van der Waals surface area contributed by atoms with Crippen molar-refractivity contribution in [2.75, 3.05) is 25.2 Å². The molecule has 3 aliphatic heterocycles. The second kappa shape index (κ2) is 8.80. The molecule has 3 aliphatic rings. The van der Waals surface area contributed by atoms with Crippen molar-refractivity contribution in [3.8, 4) is 11.5 Å². The summed E-state index contributed by atoms with van der Waals surface area (Å²) in [5, 5.41) is 2.97. The van der Waals surface area contributed by atoms with E-state index in [4.69, 9.17) is 9.47 Å². The summed E-state index contributed by atoms with van der Waals surface area (Å²) in [5.74, 6) is 1.30. The first kappa shape index (κ1) is 20.8. The molecule has 2 fully saturated rings. The second-order valence-corrected chi connectivity index (χ2v) is 8.70. The van der Waals surface area contributed by atoms with Gasteiger partial charge in [0.1, 0.15) is 6.04 Å². The van der Waals surface area contributed by atoms with E-state index in [-0.39, 0.29) is 36.6 Å². The Morgan fingerprint density at radius 1 is 1.00 bits per heavy atom. The van der Waals surface area contributed by atoms with Gasteiger partial charge in [0.05, 0.1) is 0 Å². The van der Waals surface area contributed by atoms with Crippen LogP contribution in [0.1, 0.15) is 36.4 Å². The molecule has 8 heteroatoms. The van der Waals surface area contributed by atoms with Gasteiger partial charge in [0.25, 0.3) is 0 Å². The van der Waals surface area contributed by atoms with Gasteiger partial charge in [-0.15, -0.1) is 0 Å². The number of benzene rings is 2. The Hall–Kier alpha value is -3.10. The maximum atomic E-state index is 13.0. The number of likely N-dealkylation sites (tertiary alicyclic amines) is 1. The fraction of sp³-hybridized carbons (Fsp3) is 0.417. The largest absolute Gasteiger partial charge is 0.454 e. The molecule has 0 saturated carbocycles. The molecule has 0 aliphatic carbocycles. The van der Waals surface area contributed by atoms with Crippen LogP contribution < -0.4 is 25.6 Å². The lowest BCUT2D eigenvalue weighted by atomic mass is 9.94. The molecule has 2 aromatic rings. The van der Waals surface area contributed by atoms with Crippen molar-refractivity contribution in [3.05, 3.63) is 53.6 Å². The van der Waals surface area contributed by atoms with Crippen LogP contribution in [0, 0.1) is 12.8 Å². The van der Waals surface area contributed by atoms with Gasteiger partial charge in [-0.3, -0.25) is 9.59 Å². The first-order valence-electron chi connectivity index (χ1n) is 11.1. The summed E-state index contributed by atoms with van der Waals surface area (Å²) in [6.45, 7) is 3.45. The van der Waals surface area contributed by atoms with Gasteiger partial charge in [0.15, 0.2) is 11.5 Å².